The standard InChI is InChI=1S/C20H26N2O4/c23-19(8-5-14-3-1-2-4-14)21-11-15-9-20(24)22(12-15)16-6-7-17-18(10-16)26-13-25-17/h6-7,10,14-15H,1-5,8-9,11-13H2,(H,21,23). The molecule has 1 aromatic carbocycles. The van der Waals surface area contributed by atoms with Gasteiger partial charge in [0, 0.05) is 43.6 Å². The molecule has 26 heavy (non-hydrogen) atoms. The third-order valence-corrected chi connectivity index (χ3v) is 5.72. The molecule has 0 spiro atoms. The average molecular weight is 358 g/mol. The first kappa shape index (κ1) is 17.2. The summed E-state index contributed by atoms with van der Waals surface area (Å²) in [6, 6.07) is 5.57. The molecule has 6 heteroatoms. The van der Waals surface area contributed by atoms with Crippen molar-refractivity contribution >= 4 is 17.5 Å². The molecule has 6 nitrogen and oxygen atoms in total. The highest BCUT2D eigenvalue weighted by atomic mass is 16.7. The van der Waals surface area contributed by atoms with Crippen molar-refractivity contribution < 1.29 is 19.1 Å². The smallest absolute Gasteiger partial charge is 0.231 e. The van der Waals surface area contributed by atoms with Gasteiger partial charge in [0.15, 0.2) is 11.5 Å². The number of carbonyl (C=O) groups excluding carboxylic acids is 2. The van der Waals surface area contributed by atoms with Crippen LogP contribution in [0.3, 0.4) is 0 Å². The van der Waals surface area contributed by atoms with Crippen molar-refractivity contribution in [3.63, 3.8) is 0 Å². The summed E-state index contributed by atoms with van der Waals surface area (Å²) in [4.78, 5) is 26.2. The van der Waals surface area contributed by atoms with Crippen molar-refractivity contribution in [1.29, 1.82) is 0 Å². The highest BCUT2D eigenvalue weighted by Crippen LogP contribution is 2.37. The summed E-state index contributed by atoms with van der Waals surface area (Å²) in [6.07, 6.45) is 7.25. The fourth-order valence-corrected chi connectivity index (χ4v) is 4.20. The van der Waals surface area contributed by atoms with Crippen LogP contribution < -0.4 is 19.7 Å². The predicted molar refractivity (Wildman–Crippen MR) is 97.2 cm³/mol. The summed E-state index contributed by atoms with van der Waals surface area (Å²) in [7, 11) is 0. The predicted octanol–water partition coefficient (Wildman–Crippen LogP) is 2.85. The monoisotopic (exact) mass is 358 g/mol. The van der Waals surface area contributed by atoms with Crippen LogP contribution in [0.25, 0.3) is 0 Å². The molecule has 1 aromatic rings. The summed E-state index contributed by atoms with van der Waals surface area (Å²) in [5.74, 6) is 2.49. The van der Waals surface area contributed by atoms with Gasteiger partial charge >= 0.3 is 0 Å². The number of amides is 2. The molecule has 2 fully saturated rings. The highest BCUT2D eigenvalue weighted by molar-refractivity contribution is 5.96. The van der Waals surface area contributed by atoms with Gasteiger partial charge in [0.2, 0.25) is 18.6 Å². The van der Waals surface area contributed by atoms with Gasteiger partial charge < -0.3 is 19.7 Å². The van der Waals surface area contributed by atoms with Crippen molar-refractivity contribution in [1.82, 2.24) is 5.32 Å². The zero-order chi connectivity index (χ0) is 17.9. The molecule has 140 valence electrons. The molecule has 0 radical (unpaired) electrons. The second-order valence-corrected chi connectivity index (χ2v) is 7.61. The first-order chi connectivity index (χ1) is 12.7. The Labute approximate surface area is 153 Å². The van der Waals surface area contributed by atoms with E-state index in [1.54, 1.807) is 4.90 Å². The molecular weight excluding hydrogens is 332 g/mol. The first-order valence-corrected chi connectivity index (χ1v) is 9.66. The van der Waals surface area contributed by atoms with E-state index in [4.69, 9.17) is 9.47 Å². The zero-order valence-corrected chi connectivity index (χ0v) is 15.0. The summed E-state index contributed by atoms with van der Waals surface area (Å²) in [6.45, 7) is 1.42. The summed E-state index contributed by atoms with van der Waals surface area (Å²) >= 11 is 0. The molecule has 3 aliphatic rings. The van der Waals surface area contributed by atoms with Gasteiger partial charge in [-0.25, -0.2) is 0 Å². The van der Waals surface area contributed by atoms with Gasteiger partial charge in [-0.3, -0.25) is 9.59 Å². The van der Waals surface area contributed by atoms with Crippen LogP contribution in [0.5, 0.6) is 11.5 Å². The van der Waals surface area contributed by atoms with Crippen LogP contribution in [-0.4, -0.2) is 31.7 Å². The van der Waals surface area contributed by atoms with Crippen LogP contribution >= 0.6 is 0 Å². The molecule has 0 aromatic heterocycles. The van der Waals surface area contributed by atoms with Gasteiger partial charge in [0.05, 0.1) is 0 Å². The van der Waals surface area contributed by atoms with Crippen molar-refractivity contribution in [3.05, 3.63) is 18.2 Å². The maximum absolute atomic E-state index is 12.4. The number of hydrogen-bond acceptors (Lipinski definition) is 4. The Balaban J connectivity index is 1.25. The van der Waals surface area contributed by atoms with E-state index in [1.807, 2.05) is 18.2 Å². The molecule has 4 rings (SSSR count). The van der Waals surface area contributed by atoms with Crippen molar-refractivity contribution in [3.8, 4) is 11.5 Å². The lowest BCUT2D eigenvalue weighted by Gasteiger charge is -2.17. The van der Waals surface area contributed by atoms with Crippen LogP contribution in [-0.2, 0) is 9.59 Å². The van der Waals surface area contributed by atoms with E-state index in [1.165, 1.54) is 25.7 Å². The minimum absolute atomic E-state index is 0.0917. The number of carbonyl (C=O) groups is 2. The van der Waals surface area contributed by atoms with E-state index in [0.29, 0.717) is 37.4 Å². The lowest BCUT2D eigenvalue weighted by Crippen LogP contribution is -2.31. The number of fused-ring (bicyclic) bond motifs is 1. The quantitative estimate of drug-likeness (QED) is 0.849. The van der Waals surface area contributed by atoms with Crippen LogP contribution in [0, 0.1) is 11.8 Å². The van der Waals surface area contributed by atoms with E-state index < -0.39 is 0 Å². The second kappa shape index (κ2) is 7.56. The summed E-state index contributed by atoms with van der Waals surface area (Å²) in [5.41, 5.74) is 0.828. The molecule has 2 aliphatic heterocycles. The van der Waals surface area contributed by atoms with E-state index >= 15 is 0 Å². The first-order valence-electron chi connectivity index (χ1n) is 9.66. The Morgan fingerprint density at radius 1 is 1.15 bits per heavy atom. The highest BCUT2D eigenvalue weighted by Gasteiger charge is 2.31. The number of anilines is 1. The van der Waals surface area contributed by atoms with Gasteiger partial charge in [-0.2, -0.15) is 0 Å². The molecule has 1 saturated heterocycles. The lowest BCUT2D eigenvalue weighted by molar-refractivity contribution is -0.122. The van der Waals surface area contributed by atoms with Crippen LogP contribution in [0.2, 0.25) is 0 Å². The third kappa shape index (κ3) is 3.79. The number of ether oxygens (including phenoxy) is 2. The van der Waals surface area contributed by atoms with Gasteiger partial charge in [-0.1, -0.05) is 25.7 Å². The number of hydrogen-bond donors (Lipinski definition) is 1. The molecule has 1 atom stereocenters. The molecule has 1 saturated carbocycles. The average Bonchev–Trinajstić information content (AvgIpc) is 3.38. The van der Waals surface area contributed by atoms with Crippen LogP contribution in [0.4, 0.5) is 5.69 Å². The molecule has 2 heterocycles. The van der Waals surface area contributed by atoms with Crippen molar-refractivity contribution in [2.45, 2.75) is 44.9 Å². The number of nitrogens with one attached hydrogen (secondary N) is 1. The lowest BCUT2D eigenvalue weighted by atomic mass is 10.0. The Bertz CT molecular complexity index is 684. The molecule has 1 N–H and O–H groups in total. The number of nitrogens with zero attached hydrogens (tertiary/aromatic N) is 1. The third-order valence-electron chi connectivity index (χ3n) is 5.72. The molecule has 1 aliphatic carbocycles. The van der Waals surface area contributed by atoms with Gasteiger partial charge in [-0.15, -0.1) is 0 Å². The fourth-order valence-electron chi connectivity index (χ4n) is 4.20. The fraction of sp³-hybridized carbons (Fsp3) is 0.600. The molecule has 1 unspecified atom stereocenters. The van der Waals surface area contributed by atoms with Crippen LogP contribution in [0.1, 0.15) is 44.9 Å². The normalized spacial score (nSPS) is 22.2. The van der Waals surface area contributed by atoms with E-state index in [2.05, 4.69) is 5.32 Å². The van der Waals surface area contributed by atoms with Gasteiger partial charge in [-0.05, 0) is 24.5 Å². The maximum Gasteiger partial charge on any atom is 0.231 e. The second-order valence-electron chi connectivity index (χ2n) is 7.61. The summed E-state index contributed by atoms with van der Waals surface area (Å²) in [5, 5.41) is 3.02. The SMILES string of the molecule is O=C(CCC1CCCC1)NCC1CC(=O)N(c2ccc3c(c2)OCO3)C1. The Kier molecular flexibility index (Phi) is 5.00. The van der Waals surface area contributed by atoms with E-state index in [9.17, 15) is 9.59 Å². The van der Waals surface area contributed by atoms with Crippen molar-refractivity contribution in [2.24, 2.45) is 11.8 Å². The van der Waals surface area contributed by atoms with Gasteiger partial charge in [0.25, 0.3) is 0 Å². The number of benzene rings is 1. The Hall–Kier alpha value is -2.24. The minimum atomic E-state index is 0.0917. The maximum atomic E-state index is 12.4. The number of rotatable bonds is 6. The molecule has 2 amide bonds. The molecular formula is C20H26N2O4. The Morgan fingerprint density at radius 2 is 1.96 bits per heavy atom. The van der Waals surface area contributed by atoms with E-state index in [0.717, 1.165) is 18.0 Å². The van der Waals surface area contributed by atoms with Crippen LogP contribution in [0.15, 0.2) is 18.2 Å². The largest absolute Gasteiger partial charge is 0.454 e. The van der Waals surface area contributed by atoms with E-state index in [-0.39, 0.29) is 24.5 Å². The topological polar surface area (TPSA) is 67.9 Å². The zero-order valence-electron chi connectivity index (χ0n) is 15.0. The Morgan fingerprint density at radius 3 is 2.81 bits per heavy atom. The summed E-state index contributed by atoms with van der Waals surface area (Å²) < 4.78 is 10.7. The minimum Gasteiger partial charge on any atom is -0.454 e. The molecule has 0 bridgehead atoms. The van der Waals surface area contributed by atoms with Gasteiger partial charge in [0.1, 0.15) is 0 Å². The van der Waals surface area contributed by atoms with Crippen molar-refractivity contribution in [2.75, 3.05) is 24.8 Å².